The van der Waals surface area contributed by atoms with Crippen molar-refractivity contribution in [1.82, 2.24) is 9.29 Å². The Bertz CT molecular complexity index is 763. The van der Waals surface area contributed by atoms with Gasteiger partial charge in [-0.15, -0.1) is 5.92 Å². The molecule has 148 valence electrons. The van der Waals surface area contributed by atoms with Crippen LogP contribution in [-0.4, -0.2) is 55.5 Å². The van der Waals surface area contributed by atoms with E-state index in [1.807, 2.05) is 23.1 Å². The van der Waals surface area contributed by atoms with E-state index in [9.17, 15) is 13.2 Å². The van der Waals surface area contributed by atoms with Crippen LogP contribution >= 0.6 is 0 Å². The second kappa shape index (κ2) is 10.3. The summed E-state index contributed by atoms with van der Waals surface area (Å²) in [6, 6.07) is 5.65. The molecule has 2 rings (SSSR count). The van der Waals surface area contributed by atoms with Crippen LogP contribution in [0.1, 0.15) is 32.6 Å². The summed E-state index contributed by atoms with van der Waals surface area (Å²) in [5.74, 6) is 4.49. The van der Waals surface area contributed by atoms with E-state index in [2.05, 4.69) is 23.7 Å². The molecule has 0 bridgehead atoms. The van der Waals surface area contributed by atoms with Crippen molar-refractivity contribution in [3.8, 4) is 11.8 Å². The Kier molecular flexibility index (Phi) is 8.07. The molecule has 1 unspecified atom stereocenters. The van der Waals surface area contributed by atoms with E-state index in [1.54, 1.807) is 6.20 Å². The molecule has 0 saturated carbocycles. The largest absolute Gasteiger partial charge is 0.369 e. The summed E-state index contributed by atoms with van der Waals surface area (Å²) in [6.45, 7) is 3.92. The van der Waals surface area contributed by atoms with Crippen LogP contribution in [0.2, 0.25) is 0 Å². The number of anilines is 1. The van der Waals surface area contributed by atoms with Crippen molar-refractivity contribution in [2.75, 3.05) is 36.8 Å². The number of nitrogens with two attached hydrogens (primary N) is 1. The smallest absolute Gasteiger partial charge is 0.233 e. The highest BCUT2D eigenvalue weighted by molar-refractivity contribution is 7.89. The summed E-state index contributed by atoms with van der Waals surface area (Å²) in [4.78, 5) is 18.0. The van der Waals surface area contributed by atoms with Crippen molar-refractivity contribution >= 4 is 21.7 Å². The molecule has 1 saturated heterocycles. The number of primary amides is 1. The summed E-state index contributed by atoms with van der Waals surface area (Å²) in [5, 5.41) is 0. The lowest BCUT2D eigenvalue weighted by Gasteiger charge is -2.34. The normalized spacial score (nSPS) is 16.4. The van der Waals surface area contributed by atoms with Crippen LogP contribution in [0.4, 0.5) is 5.82 Å². The van der Waals surface area contributed by atoms with Gasteiger partial charge in [0, 0.05) is 38.8 Å². The highest BCUT2D eigenvalue weighted by atomic mass is 32.2. The molecule has 1 aromatic heterocycles. The quantitative estimate of drug-likeness (QED) is 0.530. The molecule has 2 N–H and O–H groups in total. The van der Waals surface area contributed by atoms with Crippen molar-refractivity contribution in [2.45, 2.75) is 32.6 Å². The Labute approximate surface area is 162 Å². The Morgan fingerprint density at radius 3 is 2.59 bits per heavy atom. The molecule has 0 spiro atoms. The van der Waals surface area contributed by atoms with E-state index in [0.717, 1.165) is 25.1 Å². The third-order valence-corrected chi connectivity index (χ3v) is 6.41. The SMILES string of the molecule is CCCCCC#CC(CS(=O)(=O)N1CCN(c2ccccn2)CC1)C(N)=O. The molecule has 0 aromatic carbocycles. The van der Waals surface area contributed by atoms with Gasteiger partial charge >= 0.3 is 0 Å². The third kappa shape index (κ3) is 6.52. The highest BCUT2D eigenvalue weighted by Gasteiger charge is 2.31. The number of aromatic nitrogens is 1. The zero-order valence-corrected chi connectivity index (χ0v) is 16.6. The van der Waals surface area contributed by atoms with Crippen molar-refractivity contribution in [3.05, 3.63) is 24.4 Å². The second-order valence-electron chi connectivity index (χ2n) is 6.59. The van der Waals surface area contributed by atoms with E-state index >= 15 is 0 Å². The Morgan fingerprint density at radius 2 is 2.00 bits per heavy atom. The van der Waals surface area contributed by atoms with Gasteiger partial charge in [-0.2, -0.15) is 4.31 Å². The second-order valence-corrected chi connectivity index (χ2v) is 8.60. The molecule has 1 aliphatic heterocycles. The minimum atomic E-state index is -3.60. The number of hydrogen-bond donors (Lipinski definition) is 1. The van der Waals surface area contributed by atoms with E-state index in [0.29, 0.717) is 32.6 Å². The Morgan fingerprint density at radius 1 is 1.26 bits per heavy atom. The van der Waals surface area contributed by atoms with Crippen LogP contribution in [0, 0.1) is 17.8 Å². The first-order valence-corrected chi connectivity index (χ1v) is 11.0. The van der Waals surface area contributed by atoms with E-state index in [-0.39, 0.29) is 5.75 Å². The summed E-state index contributed by atoms with van der Waals surface area (Å²) in [6.07, 6.45) is 5.46. The van der Waals surface area contributed by atoms with Crippen LogP contribution in [-0.2, 0) is 14.8 Å². The molecular formula is C19H28N4O3S. The van der Waals surface area contributed by atoms with Gasteiger partial charge in [0.15, 0.2) is 0 Å². The zero-order chi connectivity index (χ0) is 19.7. The highest BCUT2D eigenvalue weighted by Crippen LogP contribution is 2.16. The fourth-order valence-corrected chi connectivity index (χ4v) is 4.51. The number of unbranched alkanes of at least 4 members (excludes halogenated alkanes) is 3. The lowest BCUT2D eigenvalue weighted by atomic mass is 10.1. The minimum absolute atomic E-state index is 0.354. The van der Waals surface area contributed by atoms with Gasteiger partial charge in [0.25, 0.3) is 0 Å². The fourth-order valence-electron chi connectivity index (χ4n) is 2.91. The van der Waals surface area contributed by atoms with Gasteiger partial charge in [0.1, 0.15) is 11.7 Å². The molecule has 1 aromatic rings. The Balaban J connectivity index is 1.93. The number of pyridine rings is 1. The molecular weight excluding hydrogens is 364 g/mol. The first kappa shape index (κ1) is 21.2. The summed E-state index contributed by atoms with van der Waals surface area (Å²) >= 11 is 0. The van der Waals surface area contributed by atoms with Gasteiger partial charge in [0.05, 0.1) is 5.75 Å². The van der Waals surface area contributed by atoms with Gasteiger partial charge in [-0.3, -0.25) is 4.79 Å². The van der Waals surface area contributed by atoms with Crippen LogP contribution in [0.5, 0.6) is 0 Å². The van der Waals surface area contributed by atoms with Crippen LogP contribution in [0.15, 0.2) is 24.4 Å². The Hall–Kier alpha value is -2.11. The number of nitrogens with zero attached hydrogens (tertiary/aromatic N) is 3. The number of sulfonamides is 1. The van der Waals surface area contributed by atoms with Crippen molar-refractivity contribution in [1.29, 1.82) is 0 Å². The van der Waals surface area contributed by atoms with Crippen LogP contribution in [0.3, 0.4) is 0 Å². The standard InChI is InChI=1S/C19H28N4O3S/c1-2-3-4-5-6-9-17(19(20)24)16-27(25,26)23-14-12-22(13-15-23)18-10-7-8-11-21-18/h7-8,10-11,17H,2-5,12-16H2,1H3,(H2,20,24). The molecule has 2 heterocycles. The van der Waals surface area contributed by atoms with Crippen molar-refractivity contribution in [2.24, 2.45) is 11.7 Å². The van der Waals surface area contributed by atoms with Crippen LogP contribution < -0.4 is 10.6 Å². The fraction of sp³-hybridized carbons (Fsp3) is 0.579. The van der Waals surface area contributed by atoms with E-state index in [4.69, 9.17) is 5.73 Å². The summed E-state index contributed by atoms with van der Waals surface area (Å²) in [7, 11) is -3.60. The molecule has 1 aliphatic rings. The van der Waals surface area contributed by atoms with Crippen molar-refractivity contribution in [3.63, 3.8) is 0 Å². The topological polar surface area (TPSA) is 96.6 Å². The summed E-state index contributed by atoms with van der Waals surface area (Å²) < 4.78 is 26.8. The average Bonchev–Trinajstić information content (AvgIpc) is 2.67. The van der Waals surface area contributed by atoms with E-state index in [1.165, 1.54) is 4.31 Å². The number of amides is 1. The van der Waals surface area contributed by atoms with Gasteiger partial charge in [0.2, 0.25) is 15.9 Å². The summed E-state index contributed by atoms with van der Waals surface area (Å²) in [5.41, 5.74) is 5.37. The van der Waals surface area contributed by atoms with Gasteiger partial charge in [-0.25, -0.2) is 13.4 Å². The number of hydrogen-bond acceptors (Lipinski definition) is 5. The number of rotatable bonds is 8. The lowest BCUT2D eigenvalue weighted by molar-refractivity contribution is -0.119. The van der Waals surface area contributed by atoms with Gasteiger partial charge in [-0.1, -0.05) is 31.8 Å². The molecule has 1 amide bonds. The lowest BCUT2D eigenvalue weighted by Crippen LogP contribution is -2.50. The molecule has 1 atom stereocenters. The maximum atomic E-state index is 12.7. The van der Waals surface area contributed by atoms with E-state index < -0.39 is 21.8 Å². The molecule has 8 heteroatoms. The first-order chi connectivity index (χ1) is 12.9. The number of carbonyl (C=O) groups is 1. The maximum absolute atomic E-state index is 12.7. The molecule has 1 fully saturated rings. The average molecular weight is 393 g/mol. The molecule has 0 radical (unpaired) electrons. The maximum Gasteiger partial charge on any atom is 0.233 e. The predicted octanol–water partition coefficient (Wildman–Crippen LogP) is 1.22. The molecule has 27 heavy (non-hydrogen) atoms. The number of carbonyl (C=O) groups excluding carboxylic acids is 1. The predicted molar refractivity (Wildman–Crippen MR) is 106 cm³/mol. The first-order valence-electron chi connectivity index (χ1n) is 9.35. The van der Waals surface area contributed by atoms with Crippen LogP contribution in [0.25, 0.3) is 0 Å². The minimum Gasteiger partial charge on any atom is -0.369 e. The van der Waals surface area contributed by atoms with Gasteiger partial charge in [-0.05, 0) is 18.6 Å². The molecule has 0 aliphatic carbocycles. The zero-order valence-electron chi connectivity index (χ0n) is 15.8. The van der Waals surface area contributed by atoms with Crippen molar-refractivity contribution < 1.29 is 13.2 Å². The molecule has 7 nitrogen and oxygen atoms in total. The third-order valence-electron chi connectivity index (χ3n) is 4.51. The number of piperazine rings is 1. The monoisotopic (exact) mass is 392 g/mol. The van der Waals surface area contributed by atoms with Gasteiger partial charge < -0.3 is 10.6 Å².